The molecule has 0 atom stereocenters. The van der Waals surface area contributed by atoms with Gasteiger partial charge < -0.3 is 0 Å². The van der Waals surface area contributed by atoms with Crippen LogP contribution in [0.15, 0.2) is 24.3 Å². The molecule has 0 unspecified atom stereocenters. The molecule has 1 aromatic rings. The van der Waals surface area contributed by atoms with E-state index >= 15 is 0 Å². The second-order valence-corrected chi connectivity index (χ2v) is 4.39. The van der Waals surface area contributed by atoms with E-state index < -0.39 is 12.7 Å². The van der Waals surface area contributed by atoms with Gasteiger partial charge in [-0.3, -0.25) is 9.69 Å². The van der Waals surface area contributed by atoms with Crippen LogP contribution in [0.25, 0.3) is 0 Å². The topological polar surface area (TPSA) is 20.3 Å². The smallest absolute Gasteiger partial charge is 0.298 e. The Morgan fingerprint density at radius 2 is 1.78 bits per heavy atom. The number of benzene rings is 1. The number of hydrogen-bond acceptors (Lipinski definition) is 2. The summed E-state index contributed by atoms with van der Waals surface area (Å²) in [6.07, 6.45) is -4.13. The highest BCUT2D eigenvalue weighted by Gasteiger charge is 2.29. The molecule has 0 amide bonds. The molecule has 0 heterocycles. The molecule has 0 radical (unpaired) electrons. The number of aryl methyl sites for hydroxylation is 1. The number of halogens is 3. The highest BCUT2D eigenvalue weighted by Crippen LogP contribution is 2.16. The van der Waals surface area contributed by atoms with Gasteiger partial charge in [0.15, 0.2) is 5.78 Å². The van der Waals surface area contributed by atoms with Crippen LogP contribution in [0.1, 0.15) is 22.3 Å². The van der Waals surface area contributed by atoms with Gasteiger partial charge in [0, 0.05) is 18.5 Å². The van der Waals surface area contributed by atoms with E-state index in [0.29, 0.717) is 5.56 Å². The highest BCUT2D eigenvalue weighted by molar-refractivity contribution is 5.96. The summed E-state index contributed by atoms with van der Waals surface area (Å²) in [6, 6.07) is 7.02. The van der Waals surface area contributed by atoms with Crippen LogP contribution >= 0.6 is 0 Å². The largest absolute Gasteiger partial charge is 0.401 e. The first kappa shape index (κ1) is 14.7. The Morgan fingerprint density at radius 1 is 1.22 bits per heavy atom. The minimum absolute atomic E-state index is 0.0929. The second-order valence-electron chi connectivity index (χ2n) is 4.39. The Morgan fingerprint density at radius 3 is 2.28 bits per heavy atom. The van der Waals surface area contributed by atoms with E-state index in [1.54, 1.807) is 12.1 Å². The zero-order chi connectivity index (χ0) is 13.8. The summed E-state index contributed by atoms with van der Waals surface area (Å²) in [4.78, 5) is 12.8. The second kappa shape index (κ2) is 6.00. The van der Waals surface area contributed by atoms with Crippen LogP contribution in [0.2, 0.25) is 0 Å². The first-order chi connectivity index (χ1) is 8.28. The van der Waals surface area contributed by atoms with E-state index in [9.17, 15) is 18.0 Å². The minimum atomic E-state index is -4.22. The van der Waals surface area contributed by atoms with Gasteiger partial charge in [0.2, 0.25) is 0 Å². The van der Waals surface area contributed by atoms with Crippen LogP contribution in [0, 0.1) is 6.92 Å². The number of rotatable bonds is 5. The number of alkyl halides is 3. The lowest BCUT2D eigenvalue weighted by Crippen LogP contribution is -2.32. The van der Waals surface area contributed by atoms with Crippen molar-refractivity contribution in [2.24, 2.45) is 0 Å². The van der Waals surface area contributed by atoms with Crippen molar-refractivity contribution in [2.45, 2.75) is 19.5 Å². The maximum Gasteiger partial charge on any atom is 0.401 e. The van der Waals surface area contributed by atoms with Crippen LogP contribution < -0.4 is 0 Å². The lowest BCUT2D eigenvalue weighted by molar-refractivity contribution is -0.142. The molecule has 2 nitrogen and oxygen atoms in total. The maximum absolute atomic E-state index is 12.1. The van der Waals surface area contributed by atoms with E-state index in [0.717, 1.165) is 10.5 Å². The third kappa shape index (κ3) is 5.31. The van der Waals surface area contributed by atoms with E-state index in [-0.39, 0.29) is 18.7 Å². The molecule has 1 rings (SSSR count). The van der Waals surface area contributed by atoms with Gasteiger partial charge in [0.05, 0.1) is 6.54 Å². The van der Waals surface area contributed by atoms with E-state index in [1.165, 1.54) is 7.05 Å². The van der Waals surface area contributed by atoms with Crippen molar-refractivity contribution in [1.82, 2.24) is 4.90 Å². The number of Topliss-reactive ketones (excluding diaryl/α,β-unsaturated/α-hetero) is 1. The number of carbonyl (C=O) groups is 1. The van der Waals surface area contributed by atoms with Crippen molar-refractivity contribution >= 4 is 5.78 Å². The minimum Gasteiger partial charge on any atom is -0.298 e. The highest BCUT2D eigenvalue weighted by atomic mass is 19.4. The number of hydrogen-bond donors (Lipinski definition) is 0. The molecule has 0 spiro atoms. The normalized spacial score (nSPS) is 11.9. The fraction of sp³-hybridized carbons (Fsp3) is 0.462. The van der Waals surface area contributed by atoms with Crippen LogP contribution in [0.3, 0.4) is 0 Å². The fourth-order valence-electron chi connectivity index (χ4n) is 1.56. The predicted octanol–water partition coefficient (Wildman–Crippen LogP) is 3.06. The Hall–Kier alpha value is -1.36. The first-order valence-corrected chi connectivity index (χ1v) is 5.63. The Balaban J connectivity index is 2.44. The van der Waals surface area contributed by atoms with Crippen LogP contribution in [0.5, 0.6) is 0 Å². The maximum atomic E-state index is 12.1. The van der Waals surface area contributed by atoms with Crippen molar-refractivity contribution in [3.8, 4) is 0 Å². The van der Waals surface area contributed by atoms with Crippen molar-refractivity contribution in [2.75, 3.05) is 20.1 Å². The zero-order valence-corrected chi connectivity index (χ0v) is 10.4. The molecule has 100 valence electrons. The van der Waals surface area contributed by atoms with E-state index in [4.69, 9.17) is 0 Å². The average Bonchev–Trinajstić information content (AvgIpc) is 2.24. The monoisotopic (exact) mass is 259 g/mol. The van der Waals surface area contributed by atoms with Crippen molar-refractivity contribution < 1.29 is 18.0 Å². The SMILES string of the molecule is Cc1ccc(C(=O)CCN(C)CC(F)(F)F)cc1. The van der Waals surface area contributed by atoms with Gasteiger partial charge in [-0.15, -0.1) is 0 Å². The number of nitrogens with zero attached hydrogens (tertiary/aromatic N) is 1. The molecule has 0 saturated heterocycles. The van der Waals surface area contributed by atoms with E-state index in [1.807, 2.05) is 19.1 Å². The molecule has 0 fully saturated rings. The molecular formula is C13H16F3NO. The van der Waals surface area contributed by atoms with Gasteiger partial charge in [-0.25, -0.2) is 0 Å². The van der Waals surface area contributed by atoms with Crippen molar-refractivity contribution in [3.63, 3.8) is 0 Å². The van der Waals surface area contributed by atoms with Gasteiger partial charge in [-0.1, -0.05) is 29.8 Å². The molecule has 5 heteroatoms. The summed E-state index contributed by atoms with van der Waals surface area (Å²) in [5.74, 6) is -0.135. The predicted molar refractivity (Wildman–Crippen MR) is 63.7 cm³/mol. The molecule has 0 aliphatic carbocycles. The third-order valence-corrected chi connectivity index (χ3v) is 2.54. The number of ketones is 1. The molecule has 1 aromatic carbocycles. The Labute approximate surface area is 104 Å². The van der Waals surface area contributed by atoms with Crippen LogP contribution in [-0.4, -0.2) is 37.0 Å². The Kier molecular flexibility index (Phi) is 4.90. The first-order valence-electron chi connectivity index (χ1n) is 5.63. The third-order valence-electron chi connectivity index (χ3n) is 2.54. The standard InChI is InChI=1S/C13H16F3NO/c1-10-3-5-11(6-4-10)12(18)7-8-17(2)9-13(14,15)16/h3-6H,7-9H2,1-2H3. The molecule has 0 aliphatic rings. The lowest BCUT2D eigenvalue weighted by Gasteiger charge is -2.17. The van der Waals surface area contributed by atoms with Gasteiger partial charge >= 0.3 is 6.18 Å². The van der Waals surface area contributed by atoms with Gasteiger partial charge in [0.1, 0.15) is 0 Å². The molecule has 0 aromatic heterocycles. The molecule has 0 N–H and O–H groups in total. The summed E-state index contributed by atoms with van der Waals surface area (Å²) in [5, 5.41) is 0. The summed E-state index contributed by atoms with van der Waals surface area (Å²) in [6.45, 7) is 1.02. The van der Waals surface area contributed by atoms with Crippen LogP contribution in [0.4, 0.5) is 13.2 Å². The van der Waals surface area contributed by atoms with Crippen molar-refractivity contribution in [1.29, 1.82) is 0 Å². The fourth-order valence-corrected chi connectivity index (χ4v) is 1.56. The number of carbonyl (C=O) groups excluding carboxylic acids is 1. The quantitative estimate of drug-likeness (QED) is 0.757. The summed E-state index contributed by atoms with van der Waals surface area (Å²) >= 11 is 0. The molecule has 0 aliphatic heterocycles. The summed E-state index contributed by atoms with van der Waals surface area (Å²) in [5.41, 5.74) is 1.58. The van der Waals surface area contributed by atoms with Crippen molar-refractivity contribution in [3.05, 3.63) is 35.4 Å². The van der Waals surface area contributed by atoms with Crippen LogP contribution in [-0.2, 0) is 0 Å². The Bertz CT molecular complexity index is 398. The zero-order valence-electron chi connectivity index (χ0n) is 10.4. The average molecular weight is 259 g/mol. The molecule has 0 bridgehead atoms. The molecule has 18 heavy (non-hydrogen) atoms. The summed E-state index contributed by atoms with van der Waals surface area (Å²) < 4.78 is 36.2. The molecule has 0 saturated carbocycles. The van der Waals surface area contributed by atoms with Gasteiger partial charge in [-0.05, 0) is 14.0 Å². The lowest BCUT2D eigenvalue weighted by atomic mass is 10.1. The summed E-state index contributed by atoms with van der Waals surface area (Å²) in [7, 11) is 1.36. The van der Waals surface area contributed by atoms with Gasteiger partial charge in [0.25, 0.3) is 0 Å². The van der Waals surface area contributed by atoms with E-state index in [2.05, 4.69) is 0 Å². The molecular weight excluding hydrogens is 243 g/mol. The van der Waals surface area contributed by atoms with Gasteiger partial charge in [-0.2, -0.15) is 13.2 Å².